The summed E-state index contributed by atoms with van der Waals surface area (Å²) in [5, 5.41) is 18.6. The van der Waals surface area contributed by atoms with Crippen LogP contribution in [0.2, 0.25) is 0 Å². The predicted molar refractivity (Wildman–Crippen MR) is 135 cm³/mol. The summed E-state index contributed by atoms with van der Waals surface area (Å²) >= 11 is 1.77. The van der Waals surface area contributed by atoms with Gasteiger partial charge >= 0.3 is 24.3 Å². The van der Waals surface area contributed by atoms with E-state index in [0.717, 1.165) is 55.4 Å². The summed E-state index contributed by atoms with van der Waals surface area (Å²) in [6, 6.07) is 6.23. The lowest BCUT2D eigenvalue weighted by atomic mass is 10.2. The molecule has 0 saturated carbocycles. The Kier molecular flexibility index (Phi) is 10.2. The van der Waals surface area contributed by atoms with Crippen molar-refractivity contribution >= 4 is 34.7 Å². The summed E-state index contributed by atoms with van der Waals surface area (Å²) in [5.41, 5.74) is 4.49. The van der Waals surface area contributed by atoms with E-state index in [2.05, 4.69) is 46.0 Å². The predicted octanol–water partition coefficient (Wildman–Crippen LogP) is 4.44. The molecule has 10 nitrogen and oxygen atoms in total. The van der Waals surface area contributed by atoms with Crippen molar-refractivity contribution in [3.8, 4) is 11.3 Å². The fraction of sp³-hybridized carbons (Fsp3) is 0.292. The van der Waals surface area contributed by atoms with E-state index < -0.39 is 24.3 Å². The van der Waals surface area contributed by atoms with Crippen molar-refractivity contribution in [1.29, 1.82) is 0 Å². The Labute approximate surface area is 232 Å². The van der Waals surface area contributed by atoms with Crippen LogP contribution in [0.3, 0.4) is 0 Å². The van der Waals surface area contributed by atoms with Gasteiger partial charge in [0.15, 0.2) is 11.5 Å². The SMILES string of the molecule is O=C(O)C(F)(F)F.O=C(O)C(F)(F)F.c1cc(-c2cnc3c(N4CCN(Cc5ccsc5)CC4)nccn23)ccn1. The van der Waals surface area contributed by atoms with E-state index in [4.69, 9.17) is 19.8 Å². The largest absolute Gasteiger partial charge is 0.490 e. The van der Waals surface area contributed by atoms with Gasteiger partial charge in [-0.05, 0) is 34.5 Å². The van der Waals surface area contributed by atoms with E-state index in [1.165, 1.54) is 5.56 Å². The van der Waals surface area contributed by atoms with Gasteiger partial charge in [0.25, 0.3) is 0 Å². The summed E-state index contributed by atoms with van der Waals surface area (Å²) in [5.74, 6) is -4.55. The number of anilines is 1. The molecule has 0 spiro atoms. The second-order valence-electron chi connectivity index (χ2n) is 8.32. The highest BCUT2D eigenvalue weighted by atomic mass is 32.1. The standard InChI is InChI=1S/C20H20N6S.2C2HF3O2/c1-4-21-5-2-17(1)18-13-23-20-19(22-6-7-26(18)20)25-10-8-24(9-11-25)14-16-3-12-27-15-16;2*3-2(4,5)1(6)7/h1-7,12-13,15H,8-11,14H2;2*(H,6,7). The average molecular weight is 605 g/mol. The minimum absolute atomic E-state index is 0.913. The van der Waals surface area contributed by atoms with E-state index >= 15 is 0 Å². The molecule has 5 heterocycles. The topological polar surface area (TPSA) is 124 Å². The molecule has 0 aliphatic carbocycles. The summed E-state index contributed by atoms with van der Waals surface area (Å²) < 4.78 is 65.6. The number of rotatable bonds is 4. The molecular formula is C24H22F6N6O4S. The third kappa shape index (κ3) is 8.87. The molecule has 1 aliphatic rings. The molecule has 0 unspecified atom stereocenters. The van der Waals surface area contributed by atoms with Crippen molar-refractivity contribution in [1.82, 2.24) is 24.3 Å². The molecule has 4 aromatic rings. The van der Waals surface area contributed by atoms with E-state index in [-0.39, 0.29) is 0 Å². The van der Waals surface area contributed by atoms with E-state index in [0.29, 0.717) is 0 Å². The van der Waals surface area contributed by atoms with Crippen LogP contribution in [-0.4, -0.2) is 84.9 Å². The van der Waals surface area contributed by atoms with Gasteiger partial charge < -0.3 is 15.1 Å². The van der Waals surface area contributed by atoms with Crippen LogP contribution in [0.25, 0.3) is 16.9 Å². The zero-order valence-electron chi connectivity index (χ0n) is 20.9. The normalized spacial score (nSPS) is 14.0. The van der Waals surface area contributed by atoms with Crippen LogP contribution >= 0.6 is 11.3 Å². The fourth-order valence-corrected chi connectivity index (χ4v) is 4.28. The highest BCUT2D eigenvalue weighted by molar-refractivity contribution is 7.07. The molecule has 0 amide bonds. The van der Waals surface area contributed by atoms with Gasteiger partial charge in [0.05, 0.1) is 11.9 Å². The van der Waals surface area contributed by atoms with Crippen molar-refractivity contribution in [2.75, 3.05) is 31.1 Å². The van der Waals surface area contributed by atoms with Gasteiger partial charge in [-0.3, -0.25) is 14.3 Å². The molecule has 17 heteroatoms. The smallest absolute Gasteiger partial charge is 0.475 e. The van der Waals surface area contributed by atoms with Crippen molar-refractivity contribution < 1.29 is 46.1 Å². The number of fused-ring (bicyclic) bond motifs is 1. The monoisotopic (exact) mass is 604 g/mol. The second-order valence-corrected chi connectivity index (χ2v) is 9.10. The summed E-state index contributed by atoms with van der Waals surface area (Å²) in [7, 11) is 0. The zero-order valence-corrected chi connectivity index (χ0v) is 21.7. The molecule has 220 valence electrons. The van der Waals surface area contributed by atoms with Crippen LogP contribution in [0, 0.1) is 0 Å². The van der Waals surface area contributed by atoms with Crippen molar-refractivity contribution in [2.24, 2.45) is 0 Å². The number of carbonyl (C=O) groups is 2. The Bertz CT molecular complexity index is 1400. The van der Waals surface area contributed by atoms with Gasteiger partial charge in [-0.2, -0.15) is 37.7 Å². The first-order valence-corrected chi connectivity index (χ1v) is 12.5. The van der Waals surface area contributed by atoms with Crippen LogP contribution < -0.4 is 4.90 Å². The first-order valence-electron chi connectivity index (χ1n) is 11.6. The van der Waals surface area contributed by atoms with Crippen molar-refractivity contribution in [2.45, 2.75) is 18.9 Å². The number of aromatic nitrogens is 4. The molecule has 0 radical (unpaired) electrons. The van der Waals surface area contributed by atoms with Crippen LogP contribution in [-0.2, 0) is 16.1 Å². The number of imidazole rings is 1. The number of alkyl halides is 6. The minimum Gasteiger partial charge on any atom is -0.475 e. The molecule has 41 heavy (non-hydrogen) atoms. The minimum atomic E-state index is -5.08. The number of thiophene rings is 1. The molecule has 1 saturated heterocycles. The average Bonchev–Trinajstić information content (AvgIpc) is 3.59. The summed E-state index contributed by atoms with van der Waals surface area (Å²) in [6.07, 6.45) is -0.781. The molecule has 4 aromatic heterocycles. The number of hydrogen-bond acceptors (Lipinski definition) is 8. The van der Waals surface area contributed by atoms with Gasteiger partial charge in [-0.25, -0.2) is 19.6 Å². The molecule has 0 aromatic carbocycles. The quantitative estimate of drug-likeness (QED) is 0.326. The molecular weight excluding hydrogens is 582 g/mol. The second kappa shape index (κ2) is 13.4. The third-order valence-corrected chi connectivity index (χ3v) is 6.26. The van der Waals surface area contributed by atoms with E-state index in [9.17, 15) is 26.3 Å². The Morgan fingerprint density at radius 1 is 0.878 bits per heavy atom. The van der Waals surface area contributed by atoms with Gasteiger partial charge in [0.1, 0.15) is 0 Å². The molecule has 0 bridgehead atoms. The van der Waals surface area contributed by atoms with Crippen LogP contribution in [0.15, 0.2) is 59.9 Å². The summed E-state index contributed by atoms with van der Waals surface area (Å²) in [6.45, 7) is 5.04. The zero-order chi connectivity index (χ0) is 30.2. The van der Waals surface area contributed by atoms with Gasteiger partial charge in [0, 0.05) is 63.1 Å². The lowest BCUT2D eigenvalue weighted by Crippen LogP contribution is -2.46. The lowest BCUT2D eigenvalue weighted by Gasteiger charge is -2.35. The highest BCUT2D eigenvalue weighted by Crippen LogP contribution is 2.25. The fourth-order valence-electron chi connectivity index (χ4n) is 3.62. The van der Waals surface area contributed by atoms with Gasteiger partial charge in [0.2, 0.25) is 0 Å². The summed E-state index contributed by atoms with van der Waals surface area (Å²) in [4.78, 5) is 36.1. The van der Waals surface area contributed by atoms with Crippen molar-refractivity contribution in [3.63, 3.8) is 0 Å². The van der Waals surface area contributed by atoms with Crippen LogP contribution in [0.1, 0.15) is 5.56 Å². The lowest BCUT2D eigenvalue weighted by molar-refractivity contribution is -0.193. The number of hydrogen-bond donors (Lipinski definition) is 2. The number of aliphatic carboxylic acids is 2. The number of carboxylic acid groups (broad SMARTS) is 2. The Morgan fingerprint density at radius 2 is 1.46 bits per heavy atom. The van der Waals surface area contributed by atoms with Crippen LogP contribution in [0.4, 0.5) is 32.2 Å². The number of pyridine rings is 1. The number of carboxylic acids is 2. The van der Waals surface area contributed by atoms with E-state index in [1.807, 2.05) is 43.1 Å². The van der Waals surface area contributed by atoms with Crippen molar-refractivity contribution in [3.05, 3.63) is 65.5 Å². The Hall–Kier alpha value is -4.25. The first-order chi connectivity index (χ1) is 19.3. The molecule has 1 aliphatic heterocycles. The molecule has 5 rings (SSSR count). The number of piperazine rings is 1. The Balaban J connectivity index is 0.000000276. The molecule has 0 atom stereocenters. The maximum absolute atomic E-state index is 10.6. The number of halogens is 6. The van der Waals surface area contributed by atoms with E-state index in [1.54, 1.807) is 11.3 Å². The number of nitrogens with zero attached hydrogens (tertiary/aromatic N) is 6. The molecule has 1 fully saturated rings. The maximum atomic E-state index is 10.6. The van der Waals surface area contributed by atoms with Gasteiger partial charge in [-0.1, -0.05) is 0 Å². The first kappa shape index (κ1) is 31.3. The Morgan fingerprint density at radius 3 is 1.98 bits per heavy atom. The van der Waals surface area contributed by atoms with Gasteiger partial charge in [-0.15, -0.1) is 0 Å². The maximum Gasteiger partial charge on any atom is 0.490 e. The molecule has 2 N–H and O–H groups in total. The third-order valence-electron chi connectivity index (χ3n) is 5.53. The highest BCUT2D eigenvalue weighted by Gasteiger charge is 2.38. The van der Waals surface area contributed by atoms with Crippen LogP contribution in [0.5, 0.6) is 0 Å².